The fourth-order valence-corrected chi connectivity index (χ4v) is 4.10. The molecule has 2 fully saturated rings. The highest BCUT2D eigenvalue weighted by molar-refractivity contribution is 7.09. The largest absolute Gasteiger partial charge is 0.345 e. The van der Waals surface area contributed by atoms with Crippen LogP contribution in [0.5, 0.6) is 0 Å². The topological polar surface area (TPSA) is 23.6 Å². The third-order valence-corrected chi connectivity index (χ3v) is 5.20. The quantitative estimate of drug-likeness (QED) is 0.817. The second-order valence-electron chi connectivity index (χ2n) is 5.65. The van der Waals surface area contributed by atoms with E-state index >= 15 is 0 Å². The molecule has 1 unspecified atom stereocenters. The van der Waals surface area contributed by atoms with Gasteiger partial charge < -0.3 is 4.90 Å². The Morgan fingerprint density at radius 2 is 2.28 bits per heavy atom. The van der Waals surface area contributed by atoms with E-state index in [4.69, 9.17) is 0 Å². The maximum absolute atomic E-state index is 12.3. The minimum Gasteiger partial charge on any atom is -0.345 e. The second-order valence-corrected chi connectivity index (χ2v) is 6.68. The number of nitrogens with zero attached hydrogens (tertiary/aromatic N) is 2. The summed E-state index contributed by atoms with van der Waals surface area (Å²) in [5, 5.41) is 2.13. The highest BCUT2D eigenvalue weighted by Gasteiger charge is 2.47. The van der Waals surface area contributed by atoms with Crippen molar-refractivity contribution in [3.8, 4) is 0 Å². The number of amides is 1. The molecule has 1 aromatic heterocycles. The van der Waals surface area contributed by atoms with Crippen LogP contribution in [0.4, 0.5) is 0 Å². The lowest BCUT2D eigenvalue weighted by Gasteiger charge is -2.38. The highest BCUT2D eigenvalue weighted by atomic mass is 32.1. The number of thiophene rings is 1. The third kappa shape index (κ3) is 2.08. The lowest BCUT2D eigenvalue weighted by Crippen LogP contribution is -2.46. The van der Waals surface area contributed by atoms with Crippen molar-refractivity contribution in [3.05, 3.63) is 22.4 Å². The molecule has 0 radical (unpaired) electrons. The summed E-state index contributed by atoms with van der Waals surface area (Å²) in [4.78, 5) is 18.1. The molecule has 1 aromatic rings. The molecule has 3 rings (SSSR count). The molecule has 1 spiro atoms. The van der Waals surface area contributed by atoms with Crippen molar-refractivity contribution in [2.24, 2.45) is 5.41 Å². The van der Waals surface area contributed by atoms with Crippen LogP contribution < -0.4 is 0 Å². The number of rotatable bonds is 2. The average Bonchev–Trinajstić information content (AvgIpc) is 2.96. The smallest absolute Gasteiger partial charge is 0.229 e. The molecule has 0 saturated carbocycles. The number of hydrogen-bond acceptors (Lipinski definition) is 3. The zero-order valence-electron chi connectivity index (χ0n) is 10.9. The van der Waals surface area contributed by atoms with E-state index in [9.17, 15) is 4.79 Å². The van der Waals surface area contributed by atoms with Gasteiger partial charge in [0.2, 0.25) is 5.91 Å². The Labute approximate surface area is 112 Å². The molecule has 1 amide bonds. The van der Waals surface area contributed by atoms with E-state index in [2.05, 4.69) is 22.4 Å². The van der Waals surface area contributed by atoms with E-state index < -0.39 is 0 Å². The Hall–Kier alpha value is -0.870. The Kier molecular flexibility index (Phi) is 3.16. The lowest BCUT2D eigenvalue weighted by molar-refractivity contribution is -0.137. The van der Waals surface area contributed by atoms with E-state index in [0.717, 1.165) is 45.4 Å². The van der Waals surface area contributed by atoms with Gasteiger partial charge in [0.1, 0.15) is 0 Å². The summed E-state index contributed by atoms with van der Waals surface area (Å²) in [6, 6.07) is 4.29. The first kappa shape index (κ1) is 12.2. The summed E-state index contributed by atoms with van der Waals surface area (Å²) in [5.41, 5.74) is -0.0652. The van der Waals surface area contributed by atoms with Crippen molar-refractivity contribution in [1.29, 1.82) is 0 Å². The van der Waals surface area contributed by atoms with Gasteiger partial charge in [0.15, 0.2) is 0 Å². The first-order valence-corrected chi connectivity index (χ1v) is 7.58. The molecule has 2 aliphatic rings. The summed E-state index contributed by atoms with van der Waals surface area (Å²) in [5.74, 6) is 0.373. The standard InChI is InChI=1S/C14H20N2OS/c1-15-8-6-14(13(15)17)5-3-7-16(11-14)10-12-4-2-9-18-12/h2,4,9H,3,5-8,10-11H2,1H3. The zero-order valence-corrected chi connectivity index (χ0v) is 11.7. The van der Waals surface area contributed by atoms with Crippen LogP contribution in [0.3, 0.4) is 0 Å². The summed E-state index contributed by atoms with van der Waals surface area (Å²) in [6.45, 7) is 4.03. The number of piperidine rings is 1. The summed E-state index contributed by atoms with van der Waals surface area (Å²) >= 11 is 1.81. The molecule has 1 atom stereocenters. The predicted molar refractivity (Wildman–Crippen MR) is 73.5 cm³/mol. The summed E-state index contributed by atoms with van der Waals surface area (Å²) in [7, 11) is 1.94. The van der Waals surface area contributed by atoms with Crippen molar-refractivity contribution in [2.45, 2.75) is 25.8 Å². The molecule has 3 heterocycles. The van der Waals surface area contributed by atoms with Crippen LogP contribution in [0, 0.1) is 5.41 Å². The Morgan fingerprint density at radius 3 is 2.94 bits per heavy atom. The van der Waals surface area contributed by atoms with E-state index in [-0.39, 0.29) is 5.41 Å². The fraction of sp³-hybridized carbons (Fsp3) is 0.643. The molecular weight excluding hydrogens is 244 g/mol. The van der Waals surface area contributed by atoms with Gasteiger partial charge in [-0.3, -0.25) is 9.69 Å². The van der Waals surface area contributed by atoms with Crippen molar-refractivity contribution < 1.29 is 4.79 Å². The highest BCUT2D eigenvalue weighted by Crippen LogP contribution is 2.39. The Morgan fingerprint density at radius 1 is 1.39 bits per heavy atom. The van der Waals surface area contributed by atoms with Crippen molar-refractivity contribution in [1.82, 2.24) is 9.80 Å². The maximum atomic E-state index is 12.3. The van der Waals surface area contributed by atoms with Gasteiger partial charge in [-0.25, -0.2) is 0 Å². The summed E-state index contributed by atoms with van der Waals surface area (Å²) < 4.78 is 0. The second kappa shape index (κ2) is 4.67. The molecule has 3 nitrogen and oxygen atoms in total. The maximum Gasteiger partial charge on any atom is 0.229 e. The molecule has 0 N–H and O–H groups in total. The van der Waals surface area contributed by atoms with Crippen LogP contribution in [-0.2, 0) is 11.3 Å². The van der Waals surface area contributed by atoms with Crippen molar-refractivity contribution >= 4 is 17.2 Å². The average molecular weight is 264 g/mol. The molecule has 18 heavy (non-hydrogen) atoms. The van der Waals surface area contributed by atoms with Gasteiger partial charge in [-0.1, -0.05) is 6.07 Å². The van der Waals surface area contributed by atoms with Crippen LogP contribution >= 0.6 is 11.3 Å². The summed E-state index contributed by atoms with van der Waals surface area (Å²) in [6.07, 6.45) is 3.28. The van der Waals surface area contributed by atoms with Crippen LogP contribution in [-0.4, -0.2) is 42.4 Å². The molecule has 2 aliphatic heterocycles. The number of carbonyl (C=O) groups is 1. The molecule has 0 bridgehead atoms. The van der Waals surface area contributed by atoms with E-state index in [1.807, 2.05) is 23.3 Å². The number of hydrogen-bond donors (Lipinski definition) is 0. The van der Waals surface area contributed by atoms with Crippen molar-refractivity contribution in [2.75, 3.05) is 26.7 Å². The van der Waals surface area contributed by atoms with Gasteiger partial charge in [0.05, 0.1) is 5.41 Å². The minimum absolute atomic E-state index is 0.0652. The normalized spacial score (nSPS) is 29.4. The Bertz CT molecular complexity index is 427. The van der Waals surface area contributed by atoms with Gasteiger partial charge in [0.25, 0.3) is 0 Å². The molecule has 0 aromatic carbocycles. The van der Waals surface area contributed by atoms with Gasteiger partial charge >= 0.3 is 0 Å². The molecule has 0 aliphatic carbocycles. The molecular formula is C14H20N2OS. The minimum atomic E-state index is -0.0652. The van der Waals surface area contributed by atoms with E-state index in [0.29, 0.717) is 5.91 Å². The molecule has 4 heteroatoms. The SMILES string of the molecule is CN1CCC2(CCCN(Cc3cccs3)C2)C1=O. The predicted octanol–water partition coefficient (Wildman–Crippen LogP) is 2.19. The molecule has 98 valence electrons. The first-order chi connectivity index (χ1) is 8.70. The Balaban J connectivity index is 1.70. The molecule has 2 saturated heterocycles. The van der Waals surface area contributed by atoms with Gasteiger partial charge in [-0.2, -0.15) is 0 Å². The van der Waals surface area contributed by atoms with Crippen LogP contribution in [0.2, 0.25) is 0 Å². The van der Waals surface area contributed by atoms with Crippen molar-refractivity contribution in [3.63, 3.8) is 0 Å². The zero-order chi connectivity index (χ0) is 12.6. The monoisotopic (exact) mass is 264 g/mol. The number of carbonyl (C=O) groups excluding carboxylic acids is 1. The lowest BCUT2D eigenvalue weighted by atomic mass is 9.78. The van der Waals surface area contributed by atoms with Gasteiger partial charge in [-0.15, -0.1) is 11.3 Å². The van der Waals surface area contributed by atoms with Gasteiger partial charge in [-0.05, 0) is 37.3 Å². The third-order valence-electron chi connectivity index (χ3n) is 4.34. The van der Waals surface area contributed by atoms with E-state index in [1.54, 1.807) is 0 Å². The van der Waals surface area contributed by atoms with Gasteiger partial charge in [0, 0.05) is 31.6 Å². The first-order valence-electron chi connectivity index (χ1n) is 6.70. The fourth-order valence-electron chi connectivity index (χ4n) is 3.36. The number of likely N-dealkylation sites (tertiary alicyclic amines) is 2. The van der Waals surface area contributed by atoms with Crippen LogP contribution in [0.25, 0.3) is 0 Å². The van der Waals surface area contributed by atoms with Crippen LogP contribution in [0.1, 0.15) is 24.1 Å². The van der Waals surface area contributed by atoms with Crippen LogP contribution in [0.15, 0.2) is 17.5 Å². The van der Waals surface area contributed by atoms with E-state index in [1.165, 1.54) is 4.88 Å².